The summed E-state index contributed by atoms with van der Waals surface area (Å²) in [7, 11) is -1.95. The first-order valence-electron chi connectivity index (χ1n) is 5.64. The van der Waals surface area contributed by atoms with Gasteiger partial charge in [0.15, 0.2) is 15.0 Å². The Morgan fingerprint density at radius 2 is 2.00 bits per heavy atom. The SMILES string of the molecule is Cn1[nH]c(=O)c(=O)nc1Sc1cccc(S(C)(=O)=O)c1N. The van der Waals surface area contributed by atoms with Crippen LogP contribution in [0.15, 0.2) is 42.7 Å². The molecule has 0 aliphatic carbocycles. The van der Waals surface area contributed by atoms with E-state index in [0.29, 0.717) is 4.90 Å². The third kappa shape index (κ3) is 3.16. The number of nitrogens with one attached hydrogen (secondary N) is 1. The van der Waals surface area contributed by atoms with Crippen LogP contribution < -0.4 is 16.9 Å². The Kier molecular flexibility index (Phi) is 3.92. The summed E-state index contributed by atoms with van der Waals surface area (Å²) in [5.74, 6) is 0. The van der Waals surface area contributed by atoms with Crippen molar-refractivity contribution in [1.82, 2.24) is 14.8 Å². The molecular formula is C11H12N4O4S2. The number of aromatic nitrogens is 3. The van der Waals surface area contributed by atoms with E-state index in [2.05, 4.69) is 10.1 Å². The lowest BCUT2D eigenvalue weighted by molar-refractivity contribution is 0.596. The fraction of sp³-hybridized carbons (Fsp3) is 0.182. The second-order valence-corrected chi connectivity index (χ2v) is 7.23. The second kappa shape index (κ2) is 5.37. The van der Waals surface area contributed by atoms with Crippen LogP contribution in [0.4, 0.5) is 5.69 Å². The molecule has 0 radical (unpaired) electrons. The number of hydrogen-bond acceptors (Lipinski definition) is 7. The Balaban J connectivity index is 2.54. The van der Waals surface area contributed by atoms with Crippen molar-refractivity contribution in [1.29, 1.82) is 0 Å². The summed E-state index contributed by atoms with van der Waals surface area (Å²) in [6.07, 6.45) is 1.06. The van der Waals surface area contributed by atoms with E-state index in [1.807, 2.05) is 0 Å². The first kappa shape index (κ1) is 15.3. The number of nitrogen functional groups attached to an aromatic ring is 1. The molecule has 0 saturated carbocycles. The van der Waals surface area contributed by atoms with Crippen molar-refractivity contribution in [2.45, 2.75) is 14.9 Å². The van der Waals surface area contributed by atoms with Gasteiger partial charge in [-0.1, -0.05) is 6.07 Å². The van der Waals surface area contributed by atoms with Crippen LogP contribution in [0.1, 0.15) is 0 Å². The van der Waals surface area contributed by atoms with Gasteiger partial charge in [-0.05, 0) is 23.9 Å². The lowest BCUT2D eigenvalue weighted by atomic mass is 10.3. The van der Waals surface area contributed by atoms with Crippen LogP contribution in [0, 0.1) is 0 Å². The van der Waals surface area contributed by atoms with Gasteiger partial charge in [-0.3, -0.25) is 19.4 Å². The van der Waals surface area contributed by atoms with Crippen LogP contribution in [0.5, 0.6) is 0 Å². The fourth-order valence-corrected chi connectivity index (χ4v) is 3.36. The Hall–Kier alpha value is -2.07. The molecule has 2 rings (SSSR count). The molecule has 10 heteroatoms. The Morgan fingerprint density at radius 3 is 2.62 bits per heavy atom. The summed E-state index contributed by atoms with van der Waals surface area (Å²) >= 11 is 0.986. The molecule has 0 atom stereocenters. The van der Waals surface area contributed by atoms with Crippen molar-refractivity contribution in [2.24, 2.45) is 7.05 Å². The summed E-state index contributed by atoms with van der Waals surface area (Å²) in [4.78, 5) is 26.5. The minimum Gasteiger partial charge on any atom is -0.397 e. The number of hydrogen-bond donors (Lipinski definition) is 2. The summed E-state index contributed by atoms with van der Waals surface area (Å²) in [6.45, 7) is 0. The largest absolute Gasteiger partial charge is 0.397 e. The first-order chi connectivity index (χ1) is 9.70. The van der Waals surface area contributed by atoms with Crippen molar-refractivity contribution in [3.63, 3.8) is 0 Å². The monoisotopic (exact) mass is 328 g/mol. The van der Waals surface area contributed by atoms with Crippen LogP contribution in [0.25, 0.3) is 0 Å². The van der Waals surface area contributed by atoms with Gasteiger partial charge in [0.1, 0.15) is 0 Å². The maximum atomic E-state index is 11.6. The molecule has 112 valence electrons. The average Bonchev–Trinajstić information content (AvgIpc) is 2.36. The van der Waals surface area contributed by atoms with Crippen molar-refractivity contribution in [2.75, 3.05) is 12.0 Å². The normalized spacial score (nSPS) is 11.5. The van der Waals surface area contributed by atoms with Crippen molar-refractivity contribution in [3.8, 4) is 0 Å². The third-order valence-electron chi connectivity index (χ3n) is 2.57. The van der Waals surface area contributed by atoms with Gasteiger partial charge >= 0.3 is 11.1 Å². The van der Waals surface area contributed by atoms with Gasteiger partial charge < -0.3 is 5.73 Å². The quantitative estimate of drug-likeness (QED) is 0.580. The number of nitrogens with zero attached hydrogens (tertiary/aromatic N) is 2. The molecule has 0 amide bonds. The van der Waals surface area contributed by atoms with Crippen LogP contribution in [0.3, 0.4) is 0 Å². The molecule has 3 N–H and O–H groups in total. The molecule has 0 saturated heterocycles. The van der Waals surface area contributed by atoms with E-state index in [4.69, 9.17) is 5.73 Å². The molecule has 21 heavy (non-hydrogen) atoms. The topological polar surface area (TPSA) is 128 Å². The summed E-state index contributed by atoms with van der Waals surface area (Å²) in [5.41, 5.74) is 4.17. The van der Waals surface area contributed by atoms with E-state index in [0.717, 1.165) is 18.0 Å². The van der Waals surface area contributed by atoms with E-state index in [-0.39, 0.29) is 15.7 Å². The molecule has 1 heterocycles. The molecule has 2 aromatic rings. The molecule has 0 aliphatic heterocycles. The standard InChI is InChI=1S/C11H12N4O4S2/c1-15-11(13-9(16)10(17)14-15)20-6-4-3-5-7(8(6)12)21(2,18)19/h3-5H,12H2,1-2H3,(H,14,17). The average molecular weight is 328 g/mol. The van der Waals surface area contributed by atoms with Crippen LogP contribution in [0.2, 0.25) is 0 Å². The van der Waals surface area contributed by atoms with Gasteiger partial charge in [0.05, 0.1) is 10.6 Å². The predicted molar refractivity (Wildman–Crippen MR) is 78.2 cm³/mol. The maximum absolute atomic E-state index is 11.6. The molecule has 0 spiro atoms. The van der Waals surface area contributed by atoms with Crippen LogP contribution in [-0.4, -0.2) is 29.4 Å². The maximum Gasteiger partial charge on any atom is 0.339 e. The van der Waals surface area contributed by atoms with Gasteiger partial charge in [0, 0.05) is 18.2 Å². The number of nitrogens with two attached hydrogens (primary N) is 1. The van der Waals surface area contributed by atoms with Gasteiger partial charge in [0.25, 0.3) is 0 Å². The van der Waals surface area contributed by atoms with Gasteiger partial charge in [-0.25, -0.2) is 8.42 Å². The van der Waals surface area contributed by atoms with E-state index in [1.165, 1.54) is 17.8 Å². The van der Waals surface area contributed by atoms with Crippen molar-refractivity contribution < 1.29 is 8.42 Å². The molecular weight excluding hydrogens is 316 g/mol. The minimum absolute atomic E-state index is 0.00178. The number of H-pyrrole nitrogens is 1. The third-order valence-corrected chi connectivity index (χ3v) is 4.85. The summed E-state index contributed by atoms with van der Waals surface area (Å²) < 4.78 is 24.5. The predicted octanol–water partition coefficient (Wildman–Crippen LogP) is -0.394. The number of sulfone groups is 1. The van der Waals surface area contributed by atoms with Gasteiger partial charge in [-0.15, -0.1) is 0 Å². The lowest BCUT2D eigenvalue weighted by Crippen LogP contribution is -2.33. The number of rotatable bonds is 3. The zero-order chi connectivity index (χ0) is 15.8. The zero-order valence-electron chi connectivity index (χ0n) is 11.2. The summed E-state index contributed by atoms with van der Waals surface area (Å²) in [5, 5.41) is 2.49. The highest BCUT2D eigenvalue weighted by Gasteiger charge is 2.16. The van der Waals surface area contributed by atoms with E-state index in [9.17, 15) is 18.0 Å². The second-order valence-electron chi connectivity index (χ2n) is 4.24. The number of anilines is 1. The molecule has 8 nitrogen and oxygen atoms in total. The Bertz CT molecular complexity index is 915. The molecule has 1 aromatic carbocycles. The molecule has 0 unspecified atom stereocenters. The van der Waals surface area contributed by atoms with E-state index < -0.39 is 21.0 Å². The zero-order valence-corrected chi connectivity index (χ0v) is 12.8. The molecule has 0 fully saturated rings. The van der Waals surface area contributed by atoms with Gasteiger partial charge in [0.2, 0.25) is 0 Å². The number of benzene rings is 1. The number of aromatic amines is 1. The lowest BCUT2D eigenvalue weighted by Gasteiger charge is -2.10. The Morgan fingerprint density at radius 1 is 1.33 bits per heavy atom. The highest BCUT2D eigenvalue weighted by Crippen LogP contribution is 2.33. The van der Waals surface area contributed by atoms with E-state index in [1.54, 1.807) is 12.1 Å². The number of para-hydroxylation sites is 1. The molecule has 1 aromatic heterocycles. The first-order valence-corrected chi connectivity index (χ1v) is 8.34. The minimum atomic E-state index is -3.46. The smallest absolute Gasteiger partial charge is 0.339 e. The number of aryl methyl sites for hydroxylation is 1. The van der Waals surface area contributed by atoms with Crippen LogP contribution in [-0.2, 0) is 16.9 Å². The van der Waals surface area contributed by atoms with Gasteiger partial charge in [-0.2, -0.15) is 4.98 Å². The van der Waals surface area contributed by atoms with Crippen molar-refractivity contribution in [3.05, 3.63) is 38.9 Å². The molecule has 0 bridgehead atoms. The highest BCUT2D eigenvalue weighted by molar-refractivity contribution is 7.99. The Labute approximate surface area is 123 Å². The van der Waals surface area contributed by atoms with Crippen molar-refractivity contribution >= 4 is 27.3 Å². The van der Waals surface area contributed by atoms with E-state index >= 15 is 0 Å². The van der Waals surface area contributed by atoms with Crippen LogP contribution >= 0.6 is 11.8 Å². The fourth-order valence-electron chi connectivity index (χ4n) is 1.59. The summed E-state index contributed by atoms with van der Waals surface area (Å²) in [6, 6.07) is 4.54. The molecule has 0 aliphatic rings. The highest BCUT2D eigenvalue weighted by atomic mass is 32.2.